The van der Waals surface area contributed by atoms with Crippen molar-refractivity contribution in [3.05, 3.63) is 46.7 Å². The lowest BCUT2D eigenvalue weighted by atomic mass is 10.2. The molecule has 0 atom stereocenters. The molecule has 0 radical (unpaired) electrons. The molecule has 0 fully saturated rings. The van der Waals surface area contributed by atoms with Crippen LogP contribution >= 0.6 is 22.7 Å². The zero-order valence-electron chi connectivity index (χ0n) is 17.4. The van der Waals surface area contributed by atoms with Gasteiger partial charge in [0, 0.05) is 23.2 Å². The third kappa shape index (κ3) is 5.32. The number of amides is 2. The Hall–Kier alpha value is -3.24. The SMILES string of the molecule is Cc1ccc(-c2csc(NCCCC(=O)OCC(=O)N3CC(=O)Nc4ccccc43)n2)s1. The predicted molar refractivity (Wildman–Crippen MR) is 126 cm³/mol. The van der Waals surface area contributed by atoms with Crippen molar-refractivity contribution in [3.63, 3.8) is 0 Å². The van der Waals surface area contributed by atoms with E-state index in [1.807, 2.05) is 5.38 Å². The molecule has 3 heterocycles. The molecule has 0 spiro atoms. The molecule has 2 amide bonds. The van der Waals surface area contributed by atoms with Crippen molar-refractivity contribution >= 4 is 57.0 Å². The Kier molecular flexibility index (Phi) is 6.81. The topological polar surface area (TPSA) is 101 Å². The Balaban J connectivity index is 1.19. The van der Waals surface area contributed by atoms with E-state index in [0.29, 0.717) is 24.3 Å². The molecule has 2 N–H and O–H groups in total. The number of hydrogen-bond donors (Lipinski definition) is 2. The maximum absolute atomic E-state index is 12.5. The second-order valence-corrected chi connectivity index (χ2v) is 9.33. The van der Waals surface area contributed by atoms with Gasteiger partial charge in [-0.3, -0.25) is 19.3 Å². The van der Waals surface area contributed by atoms with Crippen molar-refractivity contribution < 1.29 is 19.1 Å². The number of carbonyl (C=O) groups is 3. The third-order valence-electron chi connectivity index (χ3n) is 4.76. The number of hydrogen-bond acceptors (Lipinski definition) is 8. The van der Waals surface area contributed by atoms with Gasteiger partial charge >= 0.3 is 5.97 Å². The van der Waals surface area contributed by atoms with Gasteiger partial charge in [0.2, 0.25) is 5.91 Å². The van der Waals surface area contributed by atoms with Crippen LogP contribution in [0.3, 0.4) is 0 Å². The molecule has 10 heteroatoms. The van der Waals surface area contributed by atoms with Gasteiger partial charge in [-0.05, 0) is 37.6 Å². The molecule has 0 saturated heterocycles. The Bertz CT molecular complexity index is 1140. The van der Waals surface area contributed by atoms with E-state index >= 15 is 0 Å². The highest BCUT2D eigenvalue weighted by Crippen LogP contribution is 2.30. The van der Waals surface area contributed by atoms with E-state index in [-0.39, 0.29) is 18.9 Å². The van der Waals surface area contributed by atoms with E-state index in [4.69, 9.17) is 4.74 Å². The summed E-state index contributed by atoms with van der Waals surface area (Å²) in [6, 6.07) is 11.1. The molecule has 1 aliphatic rings. The number of nitrogens with zero attached hydrogens (tertiary/aromatic N) is 2. The van der Waals surface area contributed by atoms with Crippen LogP contribution in [0.4, 0.5) is 16.5 Å². The van der Waals surface area contributed by atoms with Gasteiger partial charge in [0.05, 0.1) is 21.9 Å². The number of anilines is 3. The minimum atomic E-state index is -0.455. The van der Waals surface area contributed by atoms with Crippen LogP contribution in [0.5, 0.6) is 0 Å². The summed E-state index contributed by atoms with van der Waals surface area (Å²) >= 11 is 3.23. The van der Waals surface area contributed by atoms with E-state index in [1.54, 1.807) is 35.6 Å². The highest BCUT2D eigenvalue weighted by atomic mass is 32.1. The molecule has 8 nitrogen and oxygen atoms in total. The fourth-order valence-electron chi connectivity index (χ4n) is 3.22. The summed E-state index contributed by atoms with van der Waals surface area (Å²) in [4.78, 5) is 44.6. The molecule has 3 aromatic rings. The number of aryl methyl sites for hydroxylation is 1. The summed E-state index contributed by atoms with van der Waals surface area (Å²) in [5, 5.41) is 8.74. The number of carbonyl (C=O) groups excluding carboxylic acids is 3. The summed E-state index contributed by atoms with van der Waals surface area (Å²) < 4.78 is 5.12. The third-order valence-corrected chi connectivity index (χ3v) is 6.58. The molecule has 0 aliphatic carbocycles. The number of thiazole rings is 1. The molecule has 0 bridgehead atoms. The van der Waals surface area contributed by atoms with Gasteiger partial charge < -0.3 is 15.4 Å². The average molecular weight is 471 g/mol. The minimum Gasteiger partial charge on any atom is -0.456 e. The van der Waals surface area contributed by atoms with E-state index in [9.17, 15) is 14.4 Å². The molecule has 32 heavy (non-hydrogen) atoms. The predicted octanol–water partition coefficient (Wildman–Crippen LogP) is 3.90. The van der Waals surface area contributed by atoms with Gasteiger partial charge in [-0.15, -0.1) is 22.7 Å². The maximum atomic E-state index is 12.5. The van der Waals surface area contributed by atoms with Crippen LogP contribution in [0.25, 0.3) is 10.6 Å². The molecule has 2 aromatic heterocycles. The first kappa shape index (κ1) is 22.0. The second-order valence-electron chi connectivity index (χ2n) is 7.18. The standard InChI is InChI=1S/C22H22N4O4S2/c1-14-8-9-18(32-14)16-13-31-22(25-16)23-10-4-7-21(29)30-12-20(28)26-11-19(27)24-15-5-2-3-6-17(15)26/h2-3,5-6,8-9,13H,4,7,10-12H2,1H3,(H,23,25)(H,24,27). The van der Waals surface area contributed by atoms with Gasteiger partial charge in [-0.2, -0.15) is 0 Å². The fourth-order valence-corrected chi connectivity index (χ4v) is 4.86. The highest BCUT2D eigenvalue weighted by molar-refractivity contribution is 7.16. The largest absolute Gasteiger partial charge is 0.456 e. The number of ether oxygens (including phenoxy) is 1. The number of benzene rings is 1. The summed E-state index contributed by atoms with van der Waals surface area (Å²) in [7, 11) is 0. The van der Waals surface area contributed by atoms with Crippen LogP contribution < -0.4 is 15.5 Å². The zero-order valence-corrected chi connectivity index (χ0v) is 19.1. The van der Waals surface area contributed by atoms with E-state index in [1.165, 1.54) is 21.1 Å². The van der Waals surface area contributed by atoms with Crippen LogP contribution in [0.1, 0.15) is 17.7 Å². The first-order chi connectivity index (χ1) is 15.5. The monoisotopic (exact) mass is 470 g/mol. The van der Waals surface area contributed by atoms with E-state index in [2.05, 4.69) is 34.7 Å². The fraction of sp³-hybridized carbons (Fsp3) is 0.273. The average Bonchev–Trinajstić information content (AvgIpc) is 3.43. The van der Waals surface area contributed by atoms with Gasteiger partial charge in [0.25, 0.3) is 5.91 Å². The lowest BCUT2D eigenvalue weighted by Gasteiger charge is -2.28. The van der Waals surface area contributed by atoms with Gasteiger partial charge in [0.1, 0.15) is 6.54 Å². The molecule has 1 aromatic carbocycles. The quantitative estimate of drug-likeness (QED) is 0.383. The van der Waals surface area contributed by atoms with E-state index < -0.39 is 18.5 Å². The van der Waals surface area contributed by atoms with Crippen LogP contribution in [0.2, 0.25) is 0 Å². The Morgan fingerprint density at radius 3 is 2.91 bits per heavy atom. The van der Waals surface area contributed by atoms with Crippen molar-refractivity contribution in [1.82, 2.24) is 4.98 Å². The van der Waals surface area contributed by atoms with Crippen molar-refractivity contribution in [2.45, 2.75) is 19.8 Å². The van der Waals surface area contributed by atoms with Gasteiger partial charge in [0.15, 0.2) is 11.7 Å². The van der Waals surface area contributed by atoms with Gasteiger partial charge in [-0.25, -0.2) is 4.98 Å². The molecule has 0 saturated carbocycles. The minimum absolute atomic E-state index is 0.0990. The van der Waals surface area contributed by atoms with Crippen LogP contribution in [0, 0.1) is 6.92 Å². The number of para-hydroxylation sites is 2. The maximum Gasteiger partial charge on any atom is 0.306 e. The number of fused-ring (bicyclic) bond motifs is 1. The number of thiophene rings is 1. The molecule has 1 aliphatic heterocycles. The van der Waals surface area contributed by atoms with E-state index in [0.717, 1.165) is 15.7 Å². The highest BCUT2D eigenvalue weighted by Gasteiger charge is 2.27. The number of esters is 1. The zero-order chi connectivity index (χ0) is 22.5. The first-order valence-electron chi connectivity index (χ1n) is 10.1. The second kappa shape index (κ2) is 9.92. The number of nitrogens with one attached hydrogen (secondary N) is 2. The molecular weight excluding hydrogens is 448 g/mol. The number of aromatic nitrogens is 1. The van der Waals surface area contributed by atoms with Crippen LogP contribution in [-0.2, 0) is 19.1 Å². The Morgan fingerprint density at radius 1 is 1.25 bits per heavy atom. The summed E-state index contributed by atoms with van der Waals surface area (Å²) in [5.41, 5.74) is 2.11. The summed E-state index contributed by atoms with van der Waals surface area (Å²) in [5.74, 6) is -1.17. The summed E-state index contributed by atoms with van der Waals surface area (Å²) in [6.45, 7) is 2.13. The Labute approximate surface area is 193 Å². The molecule has 0 unspecified atom stereocenters. The molecule has 4 rings (SSSR count). The van der Waals surface area contributed by atoms with Crippen molar-refractivity contribution in [2.75, 3.05) is 35.2 Å². The van der Waals surface area contributed by atoms with Crippen molar-refractivity contribution in [2.24, 2.45) is 0 Å². The van der Waals surface area contributed by atoms with Crippen LogP contribution in [0.15, 0.2) is 41.8 Å². The summed E-state index contributed by atoms with van der Waals surface area (Å²) in [6.07, 6.45) is 0.731. The van der Waals surface area contributed by atoms with Crippen molar-refractivity contribution in [3.8, 4) is 10.6 Å². The van der Waals surface area contributed by atoms with Crippen molar-refractivity contribution in [1.29, 1.82) is 0 Å². The first-order valence-corrected chi connectivity index (χ1v) is 11.8. The Morgan fingerprint density at radius 2 is 2.09 bits per heavy atom. The number of rotatable bonds is 8. The molecular formula is C22H22N4O4S2. The smallest absolute Gasteiger partial charge is 0.306 e. The van der Waals surface area contributed by atoms with Gasteiger partial charge in [-0.1, -0.05) is 12.1 Å². The molecule has 166 valence electrons. The van der Waals surface area contributed by atoms with Crippen LogP contribution in [-0.4, -0.2) is 42.5 Å². The normalized spacial score (nSPS) is 12.8. The lowest BCUT2D eigenvalue weighted by molar-refractivity contribution is -0.147. The lowest BCUT2D eigenvalue weighted by Crippen LogP contribution is -2.44.